The maximum absolute atomic E-state index is 13.4. The van der Waals surface area contributed by atoms with Crippen LogP contribution < -0.4 is 0 Å². The van der Waals surface area contributed by atoms with Gasteiger partial charge in [0.05, 0.1) is 24.8 Å². The van der Waals surface area contributed by atoms with Gasteiger partial charge in [-0.15, -0.1) is 0 Å². The van der Waals surface area contributed by atoms with E-state index in [0.29, 0.717) is 12.1 Å². The number of likely N-dealkylation sites (N-methyl/N-ethyl adjacent to an activating group) is 1. The molecule has 7 heteroatoms. The largest absolute Gasteiger partial charge is 0.390 e. The van der Waals surface area contributed by atoms with Gasteiger partial charge in [-0.25, -0.2) is 4.39 Å². The number of amides is 1. The van der Waals surface area contributed by atoms with Gasteiger partial charge in [0, 0.05) is 25.7 Å². The summed E-state index contributed by atoms with van der Waals surface area (Å²) in [5.41, 5.74) is 0.660. The molecule has 1 aromatic heterocycles. The van der Waals surface area contributed by atoms with Crippen molar-refractivity contribution in [2.24, 2.45) is 5.92 Å². The van der Waals surface area contributed by atoms with Crippen LogP contribution in [0, 0.1) is 11.7 Å². The Hall–Kier alpha value is -1.96. The fraction of sp³-hybridized carbons (Fsp3) is 0.471. The minimum Gasteiger partial charge on any atom is -0.390 e. The van der Waals surface area contributed by atoms with Gasteiger partial charge in [-0.1, -0.05) is 0 Å². The summed E-state index contributed by atoms with van der Waals surface area (Å²) in [6, 6.07) is 6.29. The second-order valence-electron chi connectivity index (χ2n) is 6.28. The number of aromatic nitrogens is 1. The summed E-state index contributed by atoms with van der Waals surface area (Å²) < 4.78 is 20.3. The van der Waals surface area contributed by atoms with Crippen LogP contribution in [0.1, 0.15) is 0 Å². The number of benzene rings is 1. The molecular weight excluding hydrogens is 315 g/mol. The number of fused-ring (bicyclic) bond motifs is 1. The molecule has 3 rings (SSSR count). The molecule has 1 fully saturated rings. The summed E-state index contributed by atoms with van der Waals surface area (Å²) in [6.07, 6.45) is -0.0860. The number of hydrogen-bond acceptors (Lipinski definition) is 4. The molecule has 130 valence electrons. The summed E-state index contributed by atoms with van der Waals surface area (Å²) in [5, 5.41) is 20.5. The number of halogens is 1. The Morgan fingerprint density at radius 1 is 1.38 bits per heavy atom. The second-order valence-corrected chi connectivity index (χ2v) is 6.28. The molecule has 6 nitrogen and oxygen atoms in total. The van der Waals surface area contributed by atoms with Gasteiger partial charge in [-0.3, -0.25) is 4.79 Å². The smallest absolute Gasteiger partial charge is 0.242 e. The van der Waals surface area contributed by atoms with Crippen LogP contribution in [0.2, 0.25) is 0 Å². The highest BCUT2D eigenvalue weighted by atomic mass is 19.1. The Morgan fingerprint density at radius 2 is 2.17 bits per heavy atom. The average molecular weight is 336 g/mol. The molecule has 24 heavy (non-hydrogen) atoms. The van der Waals surface area contributed by atoms with E-state index in [2.05, 4.69) is 0 Å². The lowest BCUT2D eigenvalue weighted by Gasteiger charge is -2.34. The van der Waals surface area contributed by atoms with Gasteiger partial charge < -0.3 is 24.4 Å². The maximum Gasteiger partial charge on any atom is 0.242 e. The van der Waals surface area contributed by atoms with Crippen molar-refractivity contribution in [3.8, 4) is 0 Å². The van der Waals surface area contributed by atoms with Crippen molar-refractivity contribution in [3.05, 3.63) is 36.3 Å². The predicted molar refractivity (Wildman–Crippen MR) is 85.9 cm³/mol. The summed E-state index contributed by atoms with van der Waals surface area (Å²) in [5.74, 6) is -0.842. The summed E-state index contributed by atoms with van der Waals surface area (Å²) in [4.78, 5) is 13.9. The standard InChI is InChI=1S/C17H21FN2O4/c1-19(7-12-9-24-10-15(21)17(12)23)16(22)8-20-5-4-11-2-3-13(18)6-14(11)20/h2-6,12,15,17,21,23H,7-10H2,1H3/t12-,15-,17+/m1/s1. The number of ether oxygens (including phenoxy) is 1. The number of carbonyl (C=O) groups is 1. The number of nitrogens with zero attached hydrogens (tertiary/aromatic N) is 2. The van der Waals surface area contributed by atoms with Gasteiger partial charge in [0.2, 0.25) is 5.91 Å². The Bertz CT molecular complexity index is 732. The summed E-state index contributed by atoms with van der Waals surface area (Å²) >= 11 is 0. The molecule has 0 aliphatic carbocycles. The number of aliphatic hydroxyl groups excluding tert-OH is 2. The van der Waals surface area contributed by atoms with E-state index in [-0.39, 0.29) is 37.3 Å². The first-order valence-electron chi connectivity index (χ1n) is 7.88. The normalized spacial score (nSPS) is 24.2. The first kappa shape index (κ1) is 16.9. The Kier molecular flexibility index (Phi) is 4.84. The van der Waals surface area contributed by atoms with Gasteiger partial charge in [0.25, 0.3) is 0 Å². The highest BCUT2D eigenvalue weighted by molar-refractivity contribution is 5.83. The van der Waals surface area contributed by atoms with Crippen molar-refractivity contribution < 1.29 is 24.1 Å². The fourth-order valence-corrected chi connectivity index (χ4v) is 3.03. The highest BCUT2D eigenvalue weighted by Gasteiger charge is 2.32. The lowest BCUT2D eigenvalue weighted by atomic mass is 9.96. The number of rotatable bonds is 4. The molecule has 0 spiro atoms. The third kappa shape index (κ3) is 3.43. The minimum atomic E-state index is -0.927. The lowest BCUT2D eigenvalue weighted by Crippen LogP contribution is -2.49. The zero-order valence-corrected chi connectivity index (χ0v) is 13.4. The van der Waals surface area contributed by atoms with E-state index in [4.69, 9.17) is 4.74 Å². The van der Waals surface area contributed by atoms with Crippen LogP contribution in [0.5, 0.6) is 0 Å². The predicted octanol–water partition coefficient (Wildman–Crippen LogP) is 0.607. The molecule has 0 unspecified atom stereocenters. The topological polar surface area (TPSA) is 74.9 Å². The molecule has 3 atom stereocenters. The molecule has 2 heterocycles. The van der Waals surface area contributed by atoms with Crippen molar-refractivity contribution in [3.63, 3.8) is 0 Å². The van der Waals surface area contributed by atoms with Crippen LogP contribution >= 0.6 is 0 Å². The zero-order valence-electron chi connectivity index (χ0n) is 13.4. The lowest BCUT2D eigenvalue weighted by molar-refractivity contribution is -0.140. The van der Waals surface area contributed by atoms with E-state index in [0.717, 1.165) is 5.39 Å². The quantitative estimate of drug-likeness (QED) is 0.858. The molecule has 2 aromatic rings. The maximum atomic E-state index is 13.4. The van der Waals surface area contributed by atoms with Gasteiger partial charge >= 0.3 is 0 Å². The average Bonchev–Trinajstić information content (AvgIpc) is 2.94. The summed E-state index contributed by atoms with van der Waals surface area (Å²) in [7, 11) is 1.64. The van der Waals surface area contributed by atoms with E-state index in [9.17, 15) is 19.4 Å². The molecular formula is C17H21FN2O4. The van der Waals surface area contributed by atoms with Crippen LogP contribution in [0.3, 0.4) is 0 Å². The minimum absolute atomic E-state index is 0.0790. The Labute approximate surface area is 139 Å². The molecule has 1 aliphatic rings. The van der Waals surface area contributed by atoms with Gasteiger partial charge in [0.15, 0.2) is 0 Å². The van der Waals surface area contributed by atoms with E-state index in [1.54, 1.807) is 23.9 Å². The molecule has 0 saturated carbocycles. The monoisotopic (exact) mass is 336 g/mol. The van der Waals surface area contributed by atoms with Crippen LogP contribution in [-0.2, 0) is 16.1 Å². The van der Waals surface area contributed by atoms with Crippen molar-refractivity contribution in [2.75, 3.05) is 26.8 Å². The van der Waals surface area contributed by atoms with Gasteiger partial charge in [-0.2, -0.15) is 0 Å². The SMILES string of the molecule is CN(C[C@@H]1COC[C@@H](O)[C@H]1O)C(=O)Cn1ccc2ccc(F)cc21. The number of carbonyl (C=O) groups excluding carboxylic acids is 1. The van der Waals surface area contributed by atoms with E-state index < -0.39 is 12.2 Å². The molecule has 1 saturated heterocycles. The van der Waals surface area contributed by atoms with Crippen molar-refractivity contribution in [1.82, 2.24) is 9.47 Å². The molecule has 2 N–H and O–H groups in total. The number of hydrogen-bond donors (Lipinski definition) is 2. The summed E-state index contributed by atoms with van der Waals surface area (Å²) in [6.45, 7) is 0.768. The number of aliphatic hydroxyl groups is 2. The van der Waals surface area contributed by atoms with E-state index in [1.807, 2.05) is 6.07 Å². The first-order chi connectivity index (χ1) is 11.5. The third-order valence-corrected chi connectivity index (χ3v) is 4.47. The molecule has 1 amide bonds. The van der Waals surface area contributed by atoms with Crippen LogP contribution in [0.4, 0.5) is 4.39 Å². The second kappa shape index (κ2) is 6.88. The fourth-order valence-electron chi connectivity index (χ4n) is 3.03. The van der Waals surface area contributed by atoms with Crippen LogP contribution in [-0.4, -0.2) is 64.6 Å². The van der Waals surface area contributed by atoms with E-state index in [1.165, 1.54) is 17.0 Å². The van der Waals surface area contributed by atoms with Crippen molar-refractivity contribution >= 4 is 16.8 Å². The van der Waals surface area contributed by atoms with Gasteiger partial charge in [0.1, 0.15) is 18.5 Å². The zero-order chi connectivity index (χ0) is 17.3. The molecule has 1 aromatic carbocycles. The Balaban J connectivity index is 1.66. The van der Waals surface area contributed by atoms with Crippen LogP contribution in [0.25, 0.3) is 10.9 Å². The van der Waals surface area contributed by atoms with E-state index >= 15 is 0 Å². The van der Waals surface area contributed by atoms with Crippen molar-refractivity contribution in [2.45, 2.75) is 18.8 Å². The molecule has 0 bridgehead atoms. The van der Waals surface area contributed by atoms with Crippen LogP contribution in [0.15, 0.2) is 30.5 Å². The highest BCUT2D eigenvalue weighted by Crippen LogP contribution is 2.19. The third-order valence-electron chi connectivity index (χ3n) is 4.47. The van der Waals surface area contributed by atoms with Gasteiger partial charge in [-0.05, 0) is 29.7 Å². The van der Waals surface area contributed by atoms with Crippen molar-refractivity contribution in [1.29, 1.82) is 0 Å². The molecule has 0 radical (unpaired) electrons. The molecule has 1 aliphatic heterocycles. The first-order valence-corrected chi connectivity index (χ1v) is 7.88. The Morgan fingerprint density at radius 3 is 2.96 bits per heavy atom.